The van der Waals surface area contributed by atoms with Gasteiger partial charge in [0.15, 0.2) is 10.5 Å². The molecule has 0 saturated carbocycles. The molecule has 0 aliphatic rings. The van der Waals surface area contributed by atoms with Crippen molar-refractivity contribution in [1.82, 2.24) is 0 Å². The molecule has 0 spiro atoms. The number of carbonyl (C=O) groups is 1. The maximum Gasteiger partial charge on any atom is 0.313 e. The molecule has 0 aliphatic heterocycles. The number of hydrogen-bond donors (Lipinski definition) is 0. The van der Waals surface area contributed by atoms with Gasteiger partial charge in [0, 0.05) is 10.6 Å². The number of esters is 1. The molecule has 0 heterocycles. The highest BCUT2D eigenvalue weighted by molar-refractivity contribution is 9.39. The maximum atomic E-state index is 12.8. The molecule has 0 aromatic heterocycles. The summed E-state index contributed by atoms with van der Waals surface area (Å²) in [6, 6.07) is 7.88. The third kappa shape index (κ3) is 10.3. The van der Waals surface area contributed by atoms with Crippen molar-refractivity contribution < 1.29 is 14.0 Å². The summed E-state index contributed by atoms with van der Waals surface area (Å²) in [5.74, 6) is -0.508. The van der Waals surface area contributed by atoms with E-state index in [4.69, 9.17) is 9.16 Å². The van der Waals surface area contributed by atoms with Gasteiger partial charge in [-0.25, -0.2) is 0 Å². The van der Waals surface area contributed by atoms with E-state index in [0.717, 1.165) is 29.3 Å². The Hall–Kier alpha value is 0.787. The van der Waals surface area contributed by atoms with Crippen LogP contribution < -0.4 is 0 Å². The Labute approximate surface area is 210 Å². The normalized spacial score (nSPS) is 15.1. The van der Waals surface area contributed by atoms with Crippen molar-refractivity contribution in [2.24, 2.45) is 0 Å². The molecule has 1 rings (SSSR count). The Morgan fingerprint density at radius 2 is 1.62 bits per heavy atom. The summed E-state index contributed by atoms with van der Waals surface area (Å²) in [5.41, 5.74) is 0.973. The van der Waals surface area contributed by atoms with Crippen molar-refractivity contribution in [2.75, 3.05) is 6.61 Å². The number of carbonyl (C=O) groups excluding carboxylic acids is 1. The zero-order chi connectivity index (χ0) is 22.5. The van der Waals surface area contributed by atoms with Crippen LogP contribution in [-0.2, 0) is 14.0 Å². The molecule has 0 amide bonds. The van der Waals surface area contributed by atoms with Crippen LogP contribution >= 0.6 is 63.7 Å². The van der Waals surface area contributed by atoms with Crippen molar-refractivity contribution in [3.05, 3.63) is 34.3 Å². The van der Waals surface area contributed by atoms with E-state index in [-0.39, 0.29) is 29.6 Å². The van der Waals surface area contributed by atoms with Gasteiger partial charge in [0.1, 0.15) is 6.61 Å². The standard InChI is InChI=1S/C21H32Br4O3Si/c1-15(28-29(5,6)20(2,3)4)8-7-9-18(16-10-12-17(22)13-11-16)19(26)27-14-21(23,24)25/h10-13,15,18H,7-9,14H2,1-6H3/t15-,18+/m0/s1. The average Bonchev–Trinajstić information content (AvgIpc) is 2.55. The predicted octanol–water partition coefficient (Wildman–Crippen LogP) is 8.50. The summed E-state index contributed by atoms with van der Waals surface area (Å²) in [6.45, 7) is 13.6. The van der Waals surface area contributed by atoms with E-state index < -0.39 is 10.5 Å². The Balaban J connectivity index is 2.75. The molecule has 0 aliphatic carbocycles. The van der Waals surface area contributed by atoms with Crippen LogP contribution in [0.1, 0.15) is 58.4 Å². The van der Waals surface area contributed by atoms with Gasteiger partial charge in [-0.2, -0.15) is 0 Å². The second-order valence-corrected chi connectivity index (χ2v) is 21.9. The van der Waals surface area contributed by atoms with Crippen molar-refractivity contribution in [3.8, 4) is 0 Å². The highest BCUT2D eigenvalue weighted by atomic mass is 80.0. The van der Waals surface area contributed by atoms with Crippen LogP contribution in [0.4, 0.5) is 0 Å². The van der Waals surface area contributed by atoms with Crippen molar-refractivity contribution >= 4 is 78.0 Å². The third-order valence-corrected chi connectivity index (χ3v) is 11.2. The van der Waals surface area contributed by atoms with E-state index in [1.54, 1.807) is 0 Å². The molecule has 1 aromatic carbocycles. The van der Waals surface area contributed by atoms with Gasteiger partial charge in [-0.3, -0.25) is 4.79 Å². The molecule has 3 nitrogen and oxygen atoms in total. The Morgan fingerprint density at radius 3 is 2.10 bits per heavy atom. The summed E-state index contributed by atoms with van der Waals surface area (Å²) >= 11 is 13.6. The molecule has 1 aromatic rings. The van der Waals surface area contributed by atoms with Crippen LogP contribution in [0.2, 0.25) is 18.1 Å². The molecule has 0 bridgehead atoms. The molecule has 8 heteroatoms. The second kappa shape index (κ2) is 11.6. The minimum Gasteiger partial charge on any atom is -0.462 e. The SMILES string of the molecule is C[C@@H](CCC[C@@H](C(=O)OCC(Br)(Br)Br)c1ccc(Br)cc1)O[Si](C)(C)C(C)(C)C. The monoisotopic (exact) mass is 676 g/mol. The smallest absolute Gasteiger partial charge is 0.313 e. The van der Waals surface area contributed by atoms with Crippen LogP contribution in [0.5, 0.6) is 0 Å². The Kier molecular flexibility index (Phi) is 11.1. The summed E-state index contributed by atoms with van der Waals surface area (Å²) in [4.78, 5) is 12.8. The van der Waals surface area contributed by atoms with Gasteiger partial charge in [-0.1, -0.05) is 96.6 Å². The fourth-order valence-electron chi connectivity index (χ4n) is 2.72. The zero-order valence-corrected chi connectivity index (χ0v) is 25.4. The van der Waals surface area contributed by atoms with E-state index >= 15 is 0 Å². The average molecular weight is 680 g/mol. The van der Waals surface area contributed by atoms with Gasteiger partial charge in [0.2, 0.25) is 0 Å². The quantitative estimate of drug-likeness (QED) is 0.149. The lowest BCUT2D eigenvalue weighted by atomic mass is 9.93. The zero-order valence-electron chi connectivity index (χ0n) is 18.0. The van der Waals surface area contributed by atoms with Crippen LogP contribution in [0.25, 0.3) is 0 Å². The molecule has 0 N–H and O–H groups in total. The largest absolute Gasteiger partial charge is 0.462 e. The maximum absolute atomic E-state index is 12.8. The van der Waals surface area contributed by atoms with Gasteiger partial charge >= 0.3 is 5.97 Å². The first-order chi connectivity index (χ1) is 13.1. The Bertz CT molecular complexity index is 651. The number of hydrogen-bond acceptors (Lipinski definition) is 3. The van der Waals surface area contributed by atoms with E-state index in [1.165, 1.54) is 0 Å². The number of halogens is 4. The minimum absolute atomic E-state index is 0.178. The molecule has 0 radical (unpaired) electrons. The van der Waals surface area contributed by atoms with Crippen LogP contribution in [0, 0.1) is 0 Å². The molecule has 2 atom stereocenters. The summed E-state index contributed by atoms with van der Waals surface area (Å²) in [7, 11) is -1.78. The van der Waals surface area contributed by atoms with Gasteiger partial charge in [-0.05, 0) is 62.0 Å². The topological polar surface area (TPSA) is 35.5 Å². The molecule has 166 valence electrons. The third-order valence-electron chi connectivity index (χ3n) is 5.34. The number of alkyl halides is 3. The van der Waals surface area contributed by atoms with Gasteiger partial charge in [0.25, 0.3) is 0 Å². The fraction of sp³-hybridized carbons (Fsp3) is 0.667. The molecule has 29 heavy (non-hydrogen) atoms. The van der Waals surface area contributed by atoms with Crippen LogP contribution in [0.3, 0.4) is 0 Å². The lowest BCUT2D eigenvalue weighted by Gasteiger charge is -2.38. The number of ether oxygens (including phenoxy) is 1. The summed E-state index contributed by atoms with van der Waals surface area (Å²) < 4.78 is 12.4. The second-order valence-electron chi connectivity index (χ2n) is 8.95. The first kappa shape index (κ1) is 27.8. The molecular formula is C21H32Br4O3Si. The van der Waals surface area contributed by atoms with Gasteiger partial charge < -0.3 is 9.16 Å². The van der Waals surface area contributed by atoms with E-state index in [0.29, 0.717) is 0 Å². The highest BCUT2D eigenvalue weighted by Gasteiger charge is 2.38. The number of rotatable bonds is 9. The summed E-state index contributed by atoms with van der Waals surface area (Å²) in [6.07, 6.45) is 2.73. The van der Waals surface area contributed by atoms with E-state index in [2.05, 4.69) is 105 Å². The van der Waals surface area contributed by atoms with E-state index in [1.807, 2.05) is 24.3 Å². The fourth-order valence-corrected chi connectivity index (χ4v) is 4.80. The van der Waals surface area contributed by atoms with Crippen molar-refractivity contribution in [2.45, 2.75) is 79.3 Å². The first-order valence-corrected chi connectivity index (χ1v) is 15.9. The lowest BCUT2D eigenvalue weighted by molar-refractivity contribution is -0.145. The van der Waals surface area contributed by atoms with Crippen molar-refractivity contribution in [3.63, 3.8) is 0 Å². The molecule has 0 fully saturated rings. The highest BCUT2D eigenvalue weighted by Crippen LogP contribution is 2.38. The van der Waals surface area contributed by atoms with E-state index in [9.17, 15) is 4.79 Å². The molecule has 0 saturated heterocycles. The minimum atomic E-state index is -1.78. The van der Waals surface area contributed by atoms with Crippen LogP contribution in [0.15, 0.2) is 28.7 Å². The Morgan fingerprint density at radius 1 is 1.07 bits per heavy atom. The first-order valence-electron chi connectivity index (χ1n) is 9.79. The van der Waals surface area contributed by atoms with Gasteiger partial charge in [-0.15, -0.1) is 0 Å². The summed E-state index contributed by atoms with van der Waals surface area (Å²) in [5, 5.41) is 0.193. The molecular weight excluding hydrogens is 648 g/mol. The predicted molar refractivity (Wildman–Crippen MR) is 139 cm³/mol. The van der Waals surface area contributed by atoms with Gasteiger partial charge in [0.05, 0.1) is 5.92 Å². The lowest BCUT2D eigenvalue weighted by Crippen LogP contribution is -2.43. The number of benzene rings is 1. The van der Waals surface area contributed by atoms with Crippen molar-refractivity contribution in [1.29, 1.82) is 0 Å². The molecule has 0 unspecified atom stereocenters. The van der Waals surface area contributed by atoms with Crippen LogP contribution in [-0.4, -0.2) is 29.1 Å².